The fourth-order valence-electron chi connectivity index (χ4n) is 0.195. The molecule has 0 aromatic carbocycles. The largest absolute Gasteiger partial charge is 0.405 e. The number of rotatable bonds is 2. The predicted octanol–water partition coefficient (Wildman–Crippen LogP) is 1.78. The van der Waals surface area contributed by atoms with E-state index in [1.807, 2.05) is 0 Å². The van der Waals surface area contributed by atoms with Crippen LogP contribution in [0.3, 0.4) is 0 Å². The van der Waals surface area contributed by atoms with Crippen LogP contribution in [-0.2, 0) is 0 Å². The van der Waals surface area contributed by atoms with Crippen molar-refractivity contribution in [2.24, 2.45) is 5.73 Å². The van der Waals surface area contributed by atoms with E-state index in [1.165, 1.54) is 6.20 Å². The molecule has 0 aliphatic heterocycles. The molecule has 0 bridgehead atoms. The van der Waals surface area contributed by atoms with Crippen LogP contribution in [0.25, 0.3) is 0 Å². The van der Waals surface area contributed by atoms with E-state index < -0.39 is 0 Å². The maximum absolute atomic E-state index is 5.04. The first kappa shape index (κ1) is 8.10. The number of nitrogens with two attached hydrogens (primary N) is 1. The minimum absolute atomic E-state index is 0.834. The summed E-state index contributed by atoms with van der Waals surface area (Å²) in [6, 6.07) is 0. The Bertz CT molecular complexity index is 128. The SMILES string of the molecule is NC=CC=CC(=S)I. The Hall–Kier alpha value is 0.1000. The lowest BCUT2D eigenvalue weighted by atomic mass is 10.5. The molecule has 0 unspecified atom stereocenters. The molecule has 1 nitrogen and oxygen atoms in total. The van der Waals surface area contributed by atoms with Crippen molar-refractivity contribution >= 4 is 37.7 Å². The van der Waals surface area contributed by atoms with Crippen LogP contribution in [0.1, 0.15) is 0 Å². The molecule has 0 amide bonds. The summed E-state index contributed by atoms with van der Waals surface area (Å²) in [7, 11) is 0. The molecule has 0 aromatic rings. The molecule has 0 aliphatic rings. The Labute approximate surface area is 67.8 Å². The summed E-state index contributed by atoms with van der Waals surface area (Å²) in [6.07, 6.45) is 6.80. The Morgan fingerprint density at radius 2 is 2.12 bits per heavy atom. The molecule has 0 fully saturated rings. The molecule has 0 aliphatic carbocycles. The second-order valence-corrected chi connectivity index (χ2v) is 3.38. The van der Waals surface area contributed by atoms with E-state index >= 15 is 0 Å². The van der Waals surface area contributed by atoms with Crippen molar-refractivity contribution in [3.63, 3.8) is 0 Å². The van der Waals surface area contributed by atoms with E-state index in [1.54, 1.807) is 18.2 Å². The van der Waals surface area contributed by atoms with Crippen LogP contribution >= 0.6 is 34.8 Å². The molecule has 0 rings (SSSR count). The fraction of sp³-hybridized carbons (Fsp3) is 0. The molecule has 44 valence electrons. The molecule has 8 heavy (non-hydrogen) atoms. The fourth-order valence-corrected chi connectivity index (χ4v) is 0.482. The van der Waals surface area contributed by atoms with Gasteiger partial charge in [-0.1, -0.05) is 18.3 Å². The van der Waals surface area contributed by atoms with E-state index in [4.69, 9.17) is 18.0 Å². The third-order valence-corrected chi connectivity index (χ3v) is 0.945. The first-order valence-electron chi connectivity index (χ1n) is 2.02. The predicted molar refractivity (Wildman–Crippen MR) is 49.1 cm³/mol. The Morgan fingerprint density at radius 3 is 2.50 bits per heavy atom. The van der Waals surface area contributed by atoms with Crippen LogP contribution in [0.4, 0.5) is 0 Å². The molecule has 0 radical (unpaired) electrons. The lowest BCUT2D eigenvalue weighted by Crippen LogP contribution is -1.73. The zero-order chi connectivity index (χ0) is 6.41. The Morgan fingerprint density at radius 1 is 1.50 bits per heavy atom. The second-order valence-electron chi connectivity index (χ2n) is 1.05. The zero-order valence-electron chi connectivity index (χ0n) is 4.17. The van der Waals surface area contributed by atoms with Gasteiger partial charge in [0, 0.05) is 0 Å². The molecule has 3 heteroatoms. The summed E-state index contributed by atoms with van der Waals surface area (Å²) in [5, 5.41) is 0. The summed E-state index contributed by atoms with van der Waals surface area (Å²) in [5.41, 5.74) is 5.04. The van der Waals surface area contributed by atoms with E-state index in [-0.39, 0.29) is 0 Å². The normalized spacial score (nSPS) is 11.1. The number of allylic oxidation sites excluding steroid dienone is 3. The first-order valence-corrected chi connectivity index (χ1v) is 3.50. The van der Waals surface area contributed by atoms with Gasteiger partial charge in [0.1, 0.15) is 0 Å². The molecule has 0 atom stereocenters. The zero-order valence-corrected chi connectivity index (χ0v) is 7.15. The van der Waals surface area contributed by atoms with Gasteiger partial charge in [-0.05, 0) is 40.9 Å². The van der Waals surface area contributed by atoms with Crippen molar-refractivity contribution in [3.8, 4) is 0 Å². The third kappa shape index (κ3) is 6.10. The van der Waals surface area contributed by atoms with Gasteiger partial charge >= 0.3 is 0 Å². The summed E-state index contributed by atoms with van der Waals surface area (Å²) in [6.45, 7) is 0. The Kier molecular flexibility index (Phi) is 5.31. The van der Waals surface area contributed by atoms with Crippen molar-refractivity contribution in [1.29, 1.82) is 0 Å². The molecule has 0 spiro atoms. The van der Waals surface area contributed by atoms with Gasteiger partial charge in [-0.15, -0.1) is 0 Å². The molecule has 0 aromatic heterocycles. The summed E-state index contributed by atoms with van der Waals surface area (Å²) < 4.78 is 0.834. The number of hydrogen-bond donors (Lipinski definition) is 1. The molecular formula is C5H6INS. The standard InChI is InChI=1S/C5H6INS/c6-5(8)3-1-2-4-7/h1-4H,7H2. The summed E-state index contributed by atoms with van der Waals surface area (Å²) in [5.74, 6) is 0. The molecule has 0 heterocycles. The van der Waals surface area contributed by atoms with Gasteiger partial charge in [0.15, 0.2) is 0 Å². The minimum Gasteiger partial charge on any atom is -0.405 e. The van der Waals surface area contributed by atoms with Crippen molar-refractivity contribution in [2.75, 3.05) is 0 Å². The van der Waals surface area contributed by atoms with Crippen LogP contribution in [-0.4, -0.2) is 2.87 Å². The monoisotopic (exact) mass is 239 g/mol. The van der Waals surface area contributed by atoms with Crippen molar-refractivity contribution in [1.82, 2.24) is 0 Å². The smallest absolute Gasteiger partial charge is 0.0760 e. The van der Waals surface area contributed by atoms with Crippen LogP contribution in [0.2, 0.25) is 0 Å². The van der Waals surface area contributed by atoms with Gasteiger partial charge in [0.05, 0.1) is 2.87 Å². The van der Waals surface area contributed by atoms with E-state index in [2.05, 4.69) is 22.6 Å². The highest BCUT2D eigenvalue weighted by molar-refractivity contribution is 14.1. The van der Waals surface area contributed by atoms with E-state index in [9.17, 15) is 0 Å². The van der Waals surface area contributed by atoms with Gasteiger partial charge in [-0.25, -0.2) is 0 Å². The van der Waals surface area contributed by atoms with Crippen molar-refractivity contribution in [2.45, 2.75) is 0 Å². The topological polar surface area (TPSA) is 26.0 Å². The van der Waals surface area contributed by atoms with Crippen LogP contribution in [0.5, 0.6) is 0 Å². The first-order chi connectivity index (χ1) is 3.77. The van der Waals surface area contributed by atoms with Crippen molar-refractivity contribution < 1.29 is 0 Å². The lowest BCUT2D eigenvalue weighted by Gasteiger charge is -1.73. The lowest BCUT2D eigenvalue weighted by molar-refractivity contribution is 1.60. The maximum atomic E-state index is 5.04. The highest BCUT2D eigenvalue weighted by atomic mass is 127. The Balaban J connectivity index is 3.50. The number of halogens is 1. The molecular weight excluding hydrogens is 233 g/mol. The molecule has 0 saturated carbocycles. The van der Waals surface area contributed by atoms with Gasteiger partial charge < -0.3 is 5.73 Å². The average Bonchev–Trinajstić information content (AvgIpc) is 1.66. The highest BCUT2D eigenvalue weighted by Gasteiger charge is 1.72. The number of hydrogen-bond acceptors (Lipinski definition) is 2. The maximum Gasteiger partial charge on any atom is 0.0760 e. The van der Waals surface area contributed by atoms with Gasteiger partial charge in [0.25, 0.3) is 0 Å². The second kappa shape index (κ2) is 5.24. The van der Waals surface area contributed by atoms with E-state index in [0.717, 1.165) is 2.87 Å². The van der Waals surface area contributed by atoms with Gasteiger partial charge in [0.2, 0.25) is 0 Å². The summed E-state index contributed by atoms with van der Waals surface area (Å²) >= 11 is 6.79. The average molecular weight is 239 g/mol. The van der Waals surface area contributed by atoms with Crippen LogP contribution in [0.15, 0.2) is 24.4 Å². The van der Waals surface area contributed by atoms with Gasteiger partial charge in [-0.3, -0.25) is 0 Å². The van der Waals surface area contributed by atoms with Gasteiger partial charge in [-0.2, -0.15) is 0 Å². The van der Waals surface area contributed by atoms with Crippen LogP contribution < -0.4 is 5.73 Å². The molecule has 2 N–H and O–H groups in total. The van der Waals surface area contributed by atoms with Crippen LogP contribution in [0, 0.1) is 0 Å². The summed E-state index contributed by atoms with van der Waals surface area (Å²) in [4.78, 5) is 0. The van der Waals surface area contributed by atoms with Crippen molar-refractivity contribution in [3.05, 3.63) is 24.4 Å². The highest BCUT2D eigenvalue weighted by Crippen LogP contribution is 1.90. The van der Waals surface area contributed by atoms with E-state index in [0.29, 0.717) is 0 Å². The minimum atomic E-state index is 0.834. The quantitative estimate of drug-likeness (QED) is 0.261. The number of thiocarbonyl (C=S) groups is 1. The third-order valence-electron chi connectivity index (χ3n) is 0.449. The molecule has 0 saturated heterocycles.